The van der Waals surface area contributed by atoms with Crippen LogP contribution in [0.5, 0.6) is 0 Å². The molecule has 98 valence electrons. The van der Waals surface area contributed by atoms with Crippen molar-refractivity contribution in [2.45, 2.75) is 12.6 Å². The number of benzene rings is 1. The number of aliphatic hydroxyl groups is 1. The fourth-order valence-electron chi connectivity index (χ4n) is 1.97. The molecule has 5 nitrogen and oxygen atoms in total. The first-order valence-electron chi connectivity index (χ1n) is 5.93. The van der Waals surface area contributed by atoms with Gasteiger partial charge in [0.05, 0.1) is 13.2 Å². The van der Waals surface area contributed by atoms with Gasteiger partial charge in [-0.25, -0.2) is 4.79 Å². The fourth-order valence-corrected chi connectivity index (χ4v) is 1.97. The molecule has 0 spiro atoms. The van der Waals surface area contributed by atoms with E-state index in [1.807, 2.05) is 38.4 Å². The normalized spacial score (nSPS) is 19.4. The first-order chi connectivity index (χ1) is 8.60. The molecule has 1 aliphatic rings. The third kappa shape index (κ3) is 2.80. The minimum atomic E-state index is -0.418. The number of carbonyl (C=O) groups excluding carboxylic acids is 1. The second kappa shape index (κ2) is 5.37. The molecule has 0 aliphatic carbocycles. The molecule has 1 saturated heterocycles. The zero-order valence-corrected chi connectivity index (χ0v) is 10.7. The molecule has 18 heavy (non-hydrogen) atoms. The molecule has 1 heterocycles. The summed E-state index contributed by atoms with van der Waals surface area (Å²) in [5.74, 6) is 0. The number of ether oxygens (including phenoxy) is 1. The van der Waals surface area contributed by atoms with Gasteiger partial charge in [0, 0.05) is 12.2 Å². The zero-order valence-electron chi connectivity index (χ0n) is 10.7. The van der Waals surface area contributed by atoms with Crippen LogP contribution < -0.4 is 4.90 Å². The Balaban J connectivity index is 2.08. The third-order valence-corrected chi connectivity index (χ3v) is 2.82. The highest BCUT2D eigenvalue weighted by Crippen LogP contribution is 2.22. The van der Waals surface area contributed by atoms with Crippen LogP contribution in [0.25, 0.3) is 0 Å². The van der Waals surface area contributed by atoms with Gasteiger partial charge >= 0.3 is 6.09 Å². The molecule has 1 atom stereocenters. The van der Waals surface area contributed by atoms with E-state index in [2.05, 4.69) is 4.90 Å². The molecule has 1 N–H and O–H groups in total. The highest BCUT2D eigenvalue weighted by molar-refractivity contribution is 5.89. The Morgan fingerprint density at radius 2 is 2.06 bits per heavy atom. The number of anilines is 1. The lowest BCUT2D eigenvalue weighted by atomic mass is 10.2. The summed E-state index contributed by atoms with van der Waals surface area (Å²) in [5.41, 5.74) is 1.99. The Kier molecular flexibility index (Phi) is 3.84. The Bertz CT molecular complexity index is 417. The molecule has 1 amide bonds. The van der Waals surface area contributed by atoms with Crippen molar-refractivity contribution < 1.29 is 14.6 Å². The van der Waals surface area contributed by atoms with Gasteiger partial charge in [0.15, 0.2) is 0 Å². The number of hydrogen-bond acceptors (Lipinski definition) is 4. The number of rotatable bonds is 4. The summed E-state index contributed by atoms with van der Waals surface area (Å²) in [5, 5.41) is 8.98. The van der Waals surface area contributed by atoms with Crippen LogP contribution in [0.15, 0.2) is 24.3 Å². The van der Waals surface area contributed by atoms with Gasteiger partial charge in [-0.3, -0.25) is 4.90 Å². The van der Waals surface area contributed by atoms with Crippen molar-refractivity contribution in [3.8, 4) is 0 Å². The SMILES string of the molecule is CN(C)Cc1ccc(N2CC(CO)OC2=O)cc1. The first-order valence-corrected chi connectivity index (χ1v) is 5.93. The molecule has 5 heteroatoms. The van der Waals surface area contributed by atoms with E-state index >= 15 is 0 Å². The zero-order chi connectivity index (χ0) is 13.1. The summed E-state index contributed by atoms with van der Waals surface area (Å²) in [6, 6.07) is 7.80. The Hall–Kier alpha value is -1.59. The molecule has 1 unspecified atom stereocenters. The smallest absolute Gasteiger partial charge is 0.414 e. The molecule has 1 fully saturated rings. The summed E-state index contributed by atoms with van der Waals surface area (Å²) >= 11 is 0. The van der Waals surface area contributed by atoms with Gasteiger partial charge in [-0.15, -0.1) is 0 Å². The topological polar surface area (TPSA) is 53.0 Å². The molecule has 0 bridgehead atoms. The predicted molar refractivity (Wildman–Crippen MR) is 68.5 cm³/mol. The van der Waals surface area contributed by atoms with E-state index in [1.165, 1.54) is 5.56 Å². The molecule has 2 rings (SSSR count). The minimum Gasteiger partial charge on any atom is -0.441 e. The quantitative estimate of drug-likeness (QED) is 0.868. The summed E-state index contributed by atoms with van der Waals surface area (Å²) in [4.78, 5) is 15.2. The van der Waals surface area contributed by atoms with Gasteiger partial charge in [-0.1, -0.05) is 12.1 Å². The van der Waals surface area contributed by atoms with E-state index in [4.69, 9.17) is 9.84 Å². The number of cyclic esters (lactones) is 1. The van der Waals surface area contributed by atoms with Crippen LogP contribution in [0.3, 0.4) is 0 Å². The highest BCUT2D eigenvalue weighted by atomic mass is 16.6. The standard InChI is InChI=1S/C13H18N2O3/c1-14(2)7-10-3-5-11(6-4-10)15-8-12(9-16)18-13(15)17/h3-6,12,16H,7-9H2,1-2H3. The number of hydrogen-bond donors (Lipinski definition) is 1. The lowest BCUT2D eigenvalue weighted by Gasteiger charge is -2.14. The number of aliphatic hydroxyl groups excluding tert-OH is 1. The summed E-state index contributed by atoms with van der Waals surface area (Å²) in [6.07, 6.45) is -0.812. The van der Waals surface area contributed by atoms with Crippen molar-refractivity contribution in [3.05, 3.63) is 29.8 Å². The molecule has 0 saturated carbocycles. The van der Waals surface area contributed by atoms with E-state index in [0.717, 1.165) is 12.2 Å². The van der Waals surface area contributed by atoms with E-state index in [0.29, 0.717) is 6.54 Å². The molecule has 1 aliphatic heterocycles. The molecule has 1 aromatic carbocycles. The lowest BCUT2D eigenvalue weighted by molar-refractivity contribution is 0.0963. The Morgan fingerprint density at radius 1 is 1.39 bits per heavy atom. The second-order valence-electron chi connectivity index (χ2n) is 4.70. The van der Waals surface area contributed by atoms with Crippen molar-refractivity contribution in [1.29, 1.82) is 0 Å². The van der Waals surface area contributed by atoms with Gasteiger partial charge in [0.25, 0.3) is 0 Å². The molecule has 0 radical (unpaired) electrons. The predicted octanol–water partition coefficient (Wildman–Crippen LogP) is 1.07. The Morgan fingerprint density at radius 3 is 2.56 bits per heavy atom. The van der Waals surface area contributed by atoms with Crippen LogP contribution in [0.2, 0.25) is 0 Å². The van der Waals surface area contributed by atoms with Gasteiger partial charge in [-0.2, -0.15) is 0 Å². The van der Waals surface area contributed by atoms with Crippen molar-refractivity contribution in [3.63, 3.8) is 0 Å². The fraction of sp³-hybridized carbons (Fsp3) is 0.462. The maximum atomic E-state index is 11.6. The van der Waals surface area contributed by atoms with Crippen molar-refractivity contribution in [2.75, 3.05) is 32.1 Å². The molecule has 1 aromatic rings. The Labute approximate surface area is 107 Å². The van der Waals surface area contributed by atoms with Crippen LogP contribution in [0.1, 0.15) is 5.56 Å². The van der Waals surface area contributed by atoms with E-state index < -0.39 is 12.2 Å². The maximum Gasteiger partial charge on any atom is 0.414 e. The largest absolute Gasteiger partial charge is 0.441 e. The first kappa shape index (κ1) is 12.9. The van der Waals surface area contributed by atoms with Crippen molar-refractivity contribution >= 4 is 11.8 Å². The van der Waals surface area contributed by atoms with Gasteiger partial charge < -0.3 is 14.7 Å². The van der Waals surface area contributed by atoms with Crippen molar-refractivity contribution in [2.24, 2.45) is 0 Å². The van der Waals surface area contributed by atoms with E-state index in [-0.39, 0.29) is 6.61 Å². The average molecular weight is 250 g/mol. The molecular formula is C13H18N2O3. The second-order valence-corrected chi connectivity index (χ2v) is 4.70. The average Bonchev–Trinajstić information content (AvgIpc) is 2.71. The summed E-state index contributed by atoms with van der Waals surface area (Å²) in [6.45, 7) is 1.13. The third-order valence-electron chi connectivity index (χ3n) is 2.82. The van der Waals surface area contributed by atoms with Gasteiger partial charge in [0.2, 0.25) is 0 Å². The number of nitrogens with zero attached hydrogens (tertiary/aromatic N) is 2. The highest BCUT2D eigenvalue weighted by Gasteiger charge is 2.31. The number of carbonyl (C=O) groups is 1. The van der Waals surface area contributed by atoms with Crippen LogP contribution in [0.4, 0.5) is 10.5 Å². The maximum absolute atomic E-state index is 11.6. The molecule has 0 aromatic heterocycles. The van der Waals surface area contributed by atoms with Crippen LogP contribution in [0, 0.1) is 0 Å². The van der Waals surface area contributed by atoms with Crippen molar-refractivity contribution in [1.82, 2.24) is 4.90 Å². The molecular weight excluding hydrogens is 232 g/mol. The van der Waals surface area contributed by atoms with Gasteiger partial charge in [0.1, 0.15) is 6.10 Å². The van der Waals surface area contributed by atoms with Crippen LogP contribution in [-0.4, -0.2) is 49.5 Å². The van der Waals surface area contributed by atoms with E-state index in [9.17, 15) is 4.79 Å². The van der Waals surface area contributed by atoms with Gasteiger partial charge in [-0.05, 0) is 31.8 Å². The van der Waals surface area contributed by atoms with Crippen LogP contribution in [-0.2, 0) is 11.3 Å². The lowest BCUT2D eigenvalue weighted by Crippen LogP contribution is -2.25. The minimum absolute atomic E-state index is 0.138. The summed E-state index contributed by atoms with van der Waals surface area (Å²) < 4.78 is 5.00. The monoisotopic (exact) mass is 250 g/mol. The van der Waals surface area contributed by atoms with E-state index in [1.54, 1.807) is 4.90 Å². The van der Waals surface area contributed by atoms with Crippen LogP contribution >= 0.6 is 0 Å². The number of amides is 1. The summed E-state index contributed by atoms with van der Waals surface area (Å²) in [7, 11) is 4.02.